The average Bonchev–Trinajstić information content (AvgIpc) is 2.53. The Bertz CT molecular complexity index is 790. The van der Waals surface area contributed by atoms with E-state index in [4.69, 9.17) is 35.7 Å². The summed E-state index contributed by atoms with van der Waals surface area (Å²) < 4.78 is 20.9. The molecule has 1 fully saturated rings. The Balaban J connectivity index is 2.42. The predicted molar refractivity (Wildman–Crippen MR) is 94.6 cm³/mol. The second-order valence-electron chi connectivity index (χ2n) is 6.10. The molecular weight excluding hydrogens is 380 g/mol. The van der Waals surface area contributed by atoms with Crippen LogP contribution in [-0.2, 0) is 23.9 Å². The van der Waals surface area contributed by atoms with Crippen LogP contribution in [0.3, 0.4) is 0 Å². The minimum atomic E-state index is -1.34. The van der Waals surface area contributed by atoms with E-state index in [1.54, 1.807) is 6.92 Å². The number of ether oxygens (including phenoxy) is 4. The summed E-state index contributed by atoms with van der Waals surface area (Å²) in [5, 5.41) is 9.06. The number of cyclic esters (lactones) is 2. The largest absolute Gasteiger partial charge is 0.490 e. The number of rotatable bonds is 6. The average molecular weight is 399 g/mol. The summed E-state index contributed by atoms with van der Waals surface area (Å²) in [6.45, 7) is 6.21. The standard InChI is InChI=1S/C18H19ClO8/c1-5-24-13-8-10(7-12(19)14(13)25-9(2)15(20)21)6-11-16(22)26-18(3,4)27-17(11)23/h6-9H,5H2,1-4H3,(H,20,21). The van der Waals surface area contributed by atoms with Gasteiger partial charge in [0.25, 0.3) is 5.79 Å². The zero-order valence-electron chi connectivity index (χ0n) is 15.2. The molecule has 8 nitrogen and oxygen atoms in total. The van der Waals surface area contributed by atoms with Gasteiger partial charge in [0.2, 0.25) is 0 Å². The maximum absolute atomic E-state index is 12.1. The van der Waals surface area contributed by atoms with Crippen molar-refractivity contribution in [3.05, 3.63) is 28.3 Å². The summed E-state index contributed by atoms with van der Waals surface area (Å²) in [6, 6.07) is 2.87. The van der Waals surface area contributed by atoms with Crippen molar-refractivity contribution in [1.82, 2.24) is 0 Å². The van der Waals surface area contributed by atoms with E-state index in [1.807, 2.05) is 0 Å². The van der Waals surface area contributed by atoms with Crippen molar-refractivity contribution in [1.29, 1.82) is 0 Å². The number of carbonyl (C=O) groups excluding carboxylic acids is 2. The molecule has 1 aromatic carbocycles. The molecule has 1 unspecified atom stereocenters. The number of aliphatic carboxylic acids is 1. The van der Waals surface area contributed by atoms with Crippen LogP contribution in [-0.4, -0.2) is 41.5 Å². The minimum absolute atomic E-state index is 0.0468. The Morgan fingerprint density at radius 3 is 2.41 bits per heavy atom. The van der Waals surface area contributed by atoms with Gasteiger partial charge < -0.3 is 24.1 Å². The SMILES string of the molecule is CCOc1cc(C=C2C(=O)OC(C)(C)OC2=O)cc(Cl)c1OC(C)C(=O)O. The molecule has 1 aliphatic rings. The van der Waals surface area contributed by atoms with E-state index >= 15 is 0 Å². The Labute approximate surface area is 160 Å². The molecule has 1 aliphatic heterocycles. The quantitative estimate of drug-likeness (QED) is 0.442. The second kappa shape index (κ2) is 7.87. The van der Waals surface area contributed by atoms with Gasteiger partial charge in [-0.3, -0.25) is 0 Å². The van der Waals surface area contributed by atoms with Gasteiger partial charge in [0.05, 0.1) is 11.6 Å². The lowest BCUT2D eigenvalue weighted by molar-refractivity contribution is -0.222. The van der Waals surface area contributed by atoms with Crippen LogP contribution in [0, 0.1) is 0 Å². The third-order valence-corrected chi connectivity index (χ3v) is 3.68. The summed E-state index contributed by atoms with van der Waals surface area (Å²) in [7, 11) is 0. The molecule has 27 heavy (non-hydrogen) atoms. The van der Waals surface area contributed by atoms with Crippen molar-refractivity contribution < 1.29 is 38.4 Å². The molecule has 0 aromatic heterocycles. The summed E-state index contributed by atoms with van der Waals surface area (Å²) in [5.41, 5.74) is 0.0443. The van der Waals surface area contributed by atoms with Gasteiger partial charge in [-0.2, -0.15) is 0 Å². The molecule has 0 aliphatic carbocycles. The fraction of sp³-hybridized carbons (Fsp3) is 0.389. The van der Waals surface area contributed by atoms with Gasteiger partial charge in [-0.25, -0.2) is 14.4 Å². The molecule has 146 valence electrons. The Morgan fingerprint density at radius 2 is 1.89 bits per heavy atom. The van der Waals surface area contributed by atoms with Crippen LogP contribution >= 0.6 is 11.6 Å². The molecular formula is C18H19ClO8. The summed E-state index contributed by atoms with van der Waals surface area (Å²) in [5.74, 6) is -3.96. The molecule has 0 amide bonds. The van der Waals surface area contributed by atoms with Crippen molar-refractivity contribution >= 4 is 35.6 Å². The Morgan fingerprint density at radius 1 is 1.30 bits per heavy atom. The lowest BCUT2D eigenvalue weighted by Gasteiger charge is -2.29. The number of carboxylic acid groups (broad SMARTS) is 1. The first-order valence-electron chi connectivity index (χ1n) is 8.08. The van der Waals surface area contributed by atoms with Gasteiger partial charge in [-0.15, -0.1) is 0 Å². The fourth-order valence-corrected chi connectivity index (χ4v) is 2.48. The van der Waals surface area contributed by atoms with E-state index < -0.39 is 29.8 Å². The minimum Gasteiger partial charge on any atom is -0.490 e. The van der Waals surface area contributed by atoms with Crippen molar-refractivity contribution in [3.8, 4) is 11.5 Å². The number of esters is 2. The van der Waals surface area contributed by atoms with Crippen molar-refractivity contribution in [2.45, 2.75) is 39.6 Å². The highest BCUT2D eigenvalue weighted by Gasteiger charge is 2.38. The number of hydrogen-bond donors (Lipinski definition) is 1. The van der Waals surface area contributed by atoms with Gasteiger partial charge in [0.15, 0.2) is 17.6 Å². The van der Waals surface area contributed by atoms with Crippen LogP contribution in [0.15, 0.2) is 17.7 Å². The molecule has 1 heterocycles. The molecule has 1 aromatic rings. The van der Waals surface area contributed by atoms with Crippen LogP contribution in [0.2, 0.25) is 5.02 Å². The van der Waals surface area contributed by atoms with Crippen LogP contribution in [0.25, 0.3) is 6.08 Å². The third kappa shape index (κ3) is 4.91. The van der Waals surface area contributed by atoms with E-state index in [0.29, 0.717) is 5.56 Å². The van der Waals surface area contributed by atoms with E-state index in [9.17, 15) is 14.4 Å². The zero-order chi connectivity index (χ0) is 20.4. The van der Waals surface area contributed by atoms with Crippen LogP contribution in [0.5, 0.6) is 11.5 Å². The summed E-state index contributed by atoms with van der Waals surface area (Å²) >= 11 is 6.20. The number of benzene rings is 1. The van der Waals surface area contributed by atoms with E-state index in [0.717, 1.165) is 0 Å². The van der Waals surface area contributed by atoms with E-state index in [-0.39, 0.29) is 28.7 Å². The second-order valence-corrected chi connectivity index (χ2v) is 6.51. The first kappa shape index (κ1) is 20.6. The normalized spacial score (nSPS) is 16.9. The Hall–Kier alpha value is -2.74. The lowest BCUT2D eigenvalue weighted by atomic mass is 10.1. The topological polar surface area (TPSA) is 108 Å². The molecule has 1 saturated heterocycles. The Kier molecular flexibility index (Phi) is 6.00. The molecule has 0 spiro atoms. The maximum atomic E-state index is 12.1. The first-order valence-corrected chi connectivity index (χ1v) is 8.46. The highest BCUT2D eigenvalue weighted by Crippen LogP contribution is 2.38. The fourth-order valence-electron chi connectivity index (χ4n) is 2.22. The van der Waals surface area contributed by atoms with Crippen molar-refractivity contribution in [3.63, 3.8) is 0 Å². The van der Waals surface area contributed by atoms with Gasteiger partial charge in [0, 0.05) is 13.8 Å². The van der Waals surface area contributed by atoms with Crippen LogP contribution < -0.4 is 9.47 Å². The summed E-state index contributed by atoms with van der Waals surface area (Å²) in [6.07, 6.45) is 0.0926. The molecule has 2 rings (SSSR count). The zero-order valence-corrected chi connectivity index (χ0v) is 16.0. The number of halogens is 1. The molecule has 0 saturated carbocycles. The molecule has 0 radical (unpaired) electrons. The smallest absolute Gasteiger partial charge is 0.348 e. The summed E-state index contributed by atoms with van der Waals surface area (Å²) in [4.78, 5) is 35.1. The number of carboxylic acids is 1. The van der Waals surface area contributed by atoms with Gasteiger partial charge >= 0.3 is 17.9 Å². The third-order valence-electron chi connectivity index (χ3n) is 3.40. The molecule has 1 N–H and O–H groups in total. The van der Waals surface area contributed by atoms with E-state index in [2.05, 4.69) is 0 Å². The lowest BCUT2D eigenvalue weighted by Crippen LogP contribution is -2.41. The van der Waals surface area contributed by atoms with Crippen molar-refractivity contribution in [2.75, 3.05) is 6.61 Å². The van der Waals surface area contributed by atoms with Gasteiger partial charge in [-0.1, -0.05) is 11.6 Å². The van der Waals surface area contributed by atoms with E-state index in [1.165, 1.54) is 39.0 Å². The first-order chi connectivity index (χ1) is 12.5. The van der Waals surface area contributed by atoms with Gasteiger partial charge in [0.1, 0.15) is 5.57 Å². The predicted octanol–water partition coefficient (Wildman–Crippen LogP) is 2.81. The van der Waals surface area contributed by atoms with Crippen LogP contribution in [0.1, 0.15) is 33.3 Å². The number of carbonyl (C=O) groups is 3. The molecule has 1 atom stereocenters. The maximum Gasteiger partial charge on any atom is 0.348 e. The highest BCUT2D eigenvalue weighted by atomic mass is 35.5. The van der Waals surface area contributed by atoms with Crippen molar-refractivity contribution in [2.24, 2.45) is 0 Å². The van der Waals surface area contributed by atoms with Gasteiger partial charge in [-0.05, 0) is 37.6 Å². The monoisotopic (exact) mass is 398 g/mol. The van der Waals surface area contributed by atoms with Crippen LogP contribution in [0.4, 0.5) is 0 Å². The number of hydrogen-bond acceptors (Lipinski definition) is 7. The highest BCUT2D eigenvalue weighted by molar-refractivity contribution is 6.32. The molecule has 0 bridgehead atoms. The molecule has 9 heteroatoms.